The van der Waals surface area contributed by atoms with Crippen molar-refractivity contribution < 1.29 is 8.42 Å². The number of sulfonamides is 1. The van der Waals surface area contributed by atoms with Gasteiger partial charge in [0, 0.05) is 24.2 Å². The lowest BCUT2D eigenvalue weighted by molar-refractivity contribution is 0.423. The Morgan fingerprint density at radius 3 is 2.41 bits per heavy atom. The third kappa shape index (κ3) is 4.27. The maximum Gasteiger partial charge on any atom is 0.267 e. The van der Waals surface area contributed by atoms with E-state index in [1.807, 2.05) is 56.3 Å². The van der Waals surface area contributed by atoms with E-state index in [2.05, 4.69) is 10.2 Å². The van der Waals surface area contributed by atoms with Crippen molar-refractivity contribution in [2.24, 2.45) is 0 Å². The number of fused-ring (bicyclic) bond motifs is 1. The smallest absolute Gasteiger partial charge is 0.267 e. The number of nitrogens with zero attached hydrogens (tertiary/aromatic N) is 2. The van der Waals surface area contributed by atoms with E-state index in [1.165, 1.54) is 4.31 Å². The van der Waals surface area contributed by atoms with Gasteiger partial charge in [-0.2, -0.15) is 9.40 Å². The third-order valence-electron chi connectivity index (χ3n) is 6.19. The van der Waals surface area contributed by atoms with Crippen molar-refractivity contribution >= 4 is 10.0 Å². The summed E-state index contributed by atoms with van der Waals surface area (Å²) >= 11 is 0. The molecule has 32 heavy (non-hydrogen) atoms. The number of H-pyrrole nitrogens is 1. The average molecular weight is 452 g/mol. The molecule has 6 nitrogen and oxygen atoms in total. The third-order valence-corrected chi connectivity index (χ3v) is 8.19. The molecule has 0 amide bonds. The van der Waals surface area contributed by atoms with Crippen LogP contribution in [0.2, 0.25) is 0 Å². The first-order chi connectivity index (χ1) is 15.5. The molecule has 0 saturated carbocycles. The van der Waals surface area contributed by atoms with Crippen LogP contribution in [-0.4, -0.2) is 29.5 Å². The molecule has 2 aromatic carbocycles. The molecule has 1 aromatic heterocycles. The van der Waals surface area contributed by atoms with E-state index >= 15 is 0 Å². The monoisotopic (exact) mass is 451 g/mol. The van der Waals surface area contributed by atoms with Gasteiger partial charge in [0.15, 0.2) is 0 Å². The summed E-state index contributed by atoms with van der Waals surface area (Å²) in [6.07, 6.45) is 4.12. The van der Waals surface area contributed by atoms with E-state index in [-0.39, 0.29) is 5.56 Å². The fourth-order valence-corrected chi connectivity index (χ4v) is 6.18. The van der Waals surface area contributed by atoms with Gasteiger partial charge < -0.3 is 0 Å². The van der Waals surface area contributed by atoms with E-state index in [4.69, 9.17) is 0 Å². The zero-order valence-corrected chi connectivity index (χ0v) is 19.4. The van der Waals surface area contributed by atoms with Gasteiger partial charge in [-0.25, -0.2) is 13.5 Å². The van der Waals surface area contributed by atoms with Crippen molar-refractivity contribution in [3.63, 3.8) is 0 Å². The molecule has 0 unspecified atom stereocenters. The number of hydrogen-bond donors (Lipinski definition) is 1. The second-order valence-electron chi connectivity index (χ2n) is 8.16. The van der Waals surface area contributed by atoms with E-state index in [1.54, 1.807) is 6.07 Å². The predicted molar refractivity (Wildman–Crippen MR) is 126 cm³/mol. The van der Waals surface area contributed by atoms with Gasteiger partial charge in [-0.3, -0.25) is 4.79 Å². The number of aromatic nitrogens is 2. The van der Waals surface area contributed by atoms with Crippen molar-refractivity contribution in [3.8, 4) is 11.3 Å². The number of rotatable bonds is 7. The van der Waals surface area contributed by atoms with E-state index in [0.717, 1.165) is 53.5 Å². The molecule has 0 saturated heterocycles. The van der Waals surface area contributed by atoms with Crippen LogP contribution in [0.1, 0.15) is 48.9 Å². The Morgan fingerprint density at radius 2 is 1.72 bits per heavy atom. The maximum atomic E-state index is 13.7. The van der Waals surface area contributed by atoms with Crippen LogP contribution in [0.25, 0.3) is 11.3 Å². The van der Waals surface area contributed by atoms with Gasteiger partial charge in [-0.05, 0) is 54.9 Å². The van der Waals surface area contributed by atoms with Crippen molar-refractivity contribution in [2.45, 2.75) is 57.4 Å². The standard InChI is InChI=1S/C25H29N3O3S/c1-3-19-14-15-20(24-21-12-8-9-13-22(21)25(29)27-26-24)16-23(19)32(30,31)28(4-2)17-18-10-6-5-7-11-18/h5-7,10-11,14-16H,3-4,8-9,12-13,17H2,1-2H3,(H,27,29). The highest BCUT2D eigenvalue weighted by atomic mass is 32.2. The van der Waals surface area contributed by atoms with Crippen molar-refractivity contribution in [3.05, 3.63) is 81.1 Å². The molecular formula is C25H29N3O3S. The highest BCUT2D eigenvalue weighted by molar-refractivity contribution is 7.89. The summed E-state index contributed by atoms with van der Waals surface area (Å²) in [5.74, 6) is 0. The molecule has 1 N–H and O–H groups in total. The Morgan fingerprint density at radius 1 is 1.00 bits per heavy atom. The molecule has 0 aliphatic heterocycles. The molecule has 168 valence electrons. The maximum absolute atomic E-state index is 13.7. The van der Waals surface area contributed by atoms with E-state index < -0.39 is 10.0 Å². The summed E-state index contributed by atoms with van der Waals surface area (Å²) in [6, 6.07) is 15.2. The minimum absolute atomic E-state index is 0.138. The molecule has 0 bridgehead atoms. The fraction of sp³-hybridized carbons (Fsp3) is 0.360. The number of aromatic amines is 1. The number of benzene rings is 2. The Hall–Kier alpha value is -2.77. The zero-order valence-electron chi connectivity index (χ0n) is 18.6. The fourth-order valence-electron chi connectivity index (χ4n) is 4.42. The second kappa shape index (κ2) is 9.38. The van der Waals surface area contributed by atoms with Crippen molar-refractivity contribution in [1.82, 2.24) is 14.5 Å². The Balaban J connectivity index is 1.80. The van der Waals surface area contributed by atoms with Crippen LogP contribution >= 0.6 is 0 Å². The minimum atomic E-state index is -3.72. The van der Waals surface area contributed by atoms with Crippen LogP contribution in [0.4, 0.5) is 0 Å². The molecule has 1 heterocycles. The van der Waals surface area contributed by atoms with Gasteiger partial charge in [-0.1, -0.05) is 56.3 Å². The van der Waals surface area contributed by atoms with Crippen LogP contribution in [-0.2, 0) is 35.8 Å². The van der Waals surface area contributed by atoms with Crippen molar-refractivity contribution in [2.75, 3.05) is 6.54 Å². The predicted octanol–water partition coefficient (Wildman–Crippen LogP) is 4.09. The van der Waals surface area contributed by atoms with Crippen LogP contribution in [0.5, 0.6) is 0 Å². The number of nitrogens with one attached hydrogen (secondary N) is 1. The quantitative estimate of drug-likeness (QED) is 0.587. The van der Waals surface area contributed by atoms with Crippen LogP contribution in [0.15, 0.2) is 58.2 Å². The molecule has 1 aliphatic carbocycles. The SMILES string of the molecule is CCc1ccc(-c2n[nH]c(=O)c3c2CCCC3)cc1S(=O)(=O)N(CC)Cc1ccccc1. The summed E-state index contributed by atoms with van der Waals surface area (Å²) in [4.78, 5) is 12.6. The van der Waals surface area contributed by atoms with Gasteiger partial charge in [0.2, 0.25) is 10.0 Å². The van der Waals surface area contributed by atoms with Gasteiger partial charge >= 0.3 is 0 Å². The number of aryl methyl sites for hydroxylation is 1. The summed E-state index contributed by atoms with van der Waals surface area (Å²) in [5.41, 5.74) is 4.73. The minimum Gasteiger partial charge on any atom is -0.268 e. The summed E-state index contributed by atoms with van der Waals surface area (Å²) in [7, 11) is -3.72. The molecule has 0 spiro atoms. The largest absolute Gasteiger partial charge is 0.268 e. The lowest BCUT2D eigenvalue weighted by Gasteiger charge is -2.23. The first-order valence-electron chi connectivity index (χ1n) is 11.2. The van der Waals surface area contributed by atoms with Gasteiger partial charge in [0.25, 0.3) is 5.56 Å². The molecule has 0 fully saturated rings. The summed E-state index contributed by atoms with van der Waals surface area (Å²) < 4.78 is 29.0. The highest BCUT2D eigenvalue weighted by Gasteiger charge is 2.27. The molecule has 0 atom stereocenters. The van der Waals surface area contributed by atoms with Crippen LogP contribution in [0, 0.1) is 0 Å². The first kappa shape index (κ1) is 22.4. The lowest BCUT2D eigenvalue weighted by atomic mass is 9.89. The van der Waals surface area contributed by atoms with Crippen LogP contribution in [0.3, 0.4) is 0 Å². The van der Waals surface area contributed by atoms with Gasteiger partial charge in [-0.15, -0.1) is 0 Å². The first-order valence-corrected chi connectivity index (χ1v) is 12.7. The average Bonchev–Trinajstić information content (AvgIpc) is 2.83. The lowest BCUT2D eigenvalue weighted by Crippen LogP contribution is -2.31. The highest BCUT2D eigenvalue weighted by Crippen LogP contribution is 2.31. The molecular weight excluding hydrogens is 422 g/mol. The Kier molecular flexibility index (Phi) is 6.58. The second-order valence-corrected chi connectivity index (χ2v) is 10.1. The molecule has 0 radical (unpaired) electrons. The molecule has 3 aromatic rings. The van der Waals surface area contributed by atoms with E-state index in [9.17, 15) is 13.2 Å². The topological polar surface area (TPSA) is 83.1 Å². The molecule has 7 heteroatoms. The van der Waals surface area contributed by atoms with Gasteiger partial charge in [0.1, 0.15) is 0 Å². The molecule has 1 aliphatic rings. The van der Waals surface area contributed by atoms with Crippen molar-refractivity contribution in [1.29, 1.82) is 0 Å². The Labute approximate surface area is 189 Å². The van der Waals surface area contributed by atoms with E-state index in [0.29, 0.717) is 30.1 Å². The van der Waals surface area contributed by atoms with Gasteiger partial charge in [0.05, 0.1) is 10.6 Å². The Bertz CT molecular complexity index is 1270. The molecule has 4 rings (SSSR count). The zero-order chi connectivity index (χ0) is 22.7. The number of hydrogen-bond acceptors (Lipinski definition) is 4. The summed E-state index contributed by atoms with van der Waals surface area (Å²) in [6.45, 7) is 4.51. The normalized spacial score (nSPS) is 13.8. The summed E-state index contributed by atoms with van der Waals surface area (Å²) in [5, 5.41) is 6.94. The van der Waals surface area contributed by atoms with Crippen LogP contribution < -0.4 is 5.56 Å².